The van der Waals surface area contributed by atoms with E-state index in [4.69, 9.17) is 9.47 Å². The van der Waals surface area contributed by atoms with Gasteiger partial charge in [0.15, 0.2) is 0 Å². The molecular weight excluding hydrogens is 429 g/mol. The van der Waals surface area contributed by atoms with Crippen LogP contribution in [0, 0.1) is 11.7 Å². The summed E-state index contributed by atoms with van der Waals surface area (Å²) >= 11 is 0. The van der Waals surface area contributed by atoms with Crippen molar-refractivity contribution in [3.63, 3.8) is 0 Å². The average molecular weight is 460 g/mol. The van der Waals surface area contributed by atoms with E-state index in [0.717, 1.165) is 0 Å². The zero-order valence-corrected chi connectivity index (χ0v) is 19.6. The van der Waals surface area contributed by atoms with Crippen molar-refractivity contribution < 1.29 is 28.2 Å². The third kappa shape index (κ3) is 7.48. The van der Waals surface area contributed by atoms with Crippen molar-refractivity contribution in [3.8, 4) is 5.75 Å². The maximum atomic E-state index is 13.9. The first-order chi connectivity index (χ1) is 15.4. The van der Waals surface area contributed by atoms with Gasteiger partial charge in [-0.25, -0.2) is 9.18 Å². The molecule has 1 atom stereocenters. The Balaban J connectivity index is 2.18. The van der Waals surface area contributed by atoms with Crippen molar-refractivity contribution in [1.82, 2.24) is 5.32 Å². The van der Waals surface area contributed by atoms with E-state index in [1.807, 2.05) is 0 Å². The van der Waals surface area contributed by atoms with Crippen LogP contribution in [0.2, 0.25) is 0 Å². The number of rotatable bonds is 7. The van der Waals surface area contributed by atoms with Crippen molar-refractivity contribution in [2.45, 2.75) is 46.3 Å². The minimum Gasteiger partial charge on any atom is -0.495 e. The molecule has 0 aliphatic rings. The highest BCUT2D eigenvalue weighted by atomic mass is 19.1. The van der Waals surface area contributed by atoms with Gasteiger partial charge in [-0.15, -0.1) is 0 Å². The molecule has 178 valence electrons. The molecule has 8 nitrogen and oxygen atoms in total. The molecule has 2 aromatic rings. The highest BCUT2D eigenvalue weighted by Gasteiger charge is 2.26. The number of halogens is 1. The molecule has 3 N–H and O–H groups in total. The highest BCUT2D eigenvalue weighted by molar-refractivity contribution is 6.02. The first kappa shape index (κ1) is 25.6. The van der Waals surface area contributed by atoms with Gasteiger partial charge in [-0.1, -0.05) is 26.0 Å². The summed E-state index contributed by atoms with van der Waals surface area (Å²) in [5, 5.41) is 7.89. The molecule has 0 saturated carbocycles. The molecule has 33 heavy (non-hydrogen) atoms. The first-order valence-corrected chi connectivity index (χ1v) is 10.5. The fraction of sp³-hybridized carbons (Fsp3) is 0.375. The molecule has 2 rings (SSSR count). The van der Waals surface area contributed by atoms with Crippen molar-refractivity contribution in [2.24, 2.45) is 5.92 Å². The summed E-state index contributed by atoms with van der Waals surface area (Å²) in [4.78, 5) is 37.6. The van der Waals surface area contributed by atoms with Crippen LogP contribution in [0.3, 0.4) is 0 Å². The Morgan fingerprint density at radius 1 is 1.00 bits per heavy atom. The number of carbonyl (C=O) groups is 3. The topological polar surface area (TPSA) is 106 Å². The SMILES string of the molecule is COc1ccc(NC(=O)C(NC(=O)c2ccccc2F)C(C)C)cc1NC(=O)OC(C)(C)C. The Labute approximate surface area is 192 Å². The zero-order valence-electron chi connectivity index (χ0n) is 19.6. The number of hydrogen-bond donors (Lipinski definition) is 3. The lowest BCUT2D eigenvalue weighted by atomic mass is 10.0. The first-order valence-electron chi connectivity index (χ1n) is 10.5. The van der Waals surface area contributed by atoms with Gasteiger partial charge < -0.3 is 20.1 Å². The fourth-order valence-corrected chi connectivity index (χ4v) is 2.92. The van der Waals surface area contributed by atoms with Gasteiger partial charge in [-0.2, -0.15) is 0 Å². The van der Waals surface area contributed by atoms with E-state index >= 15 is 0 Å². The molecule has 0 radical (unpaired) electrons. The standard InChI is InChI=1S/C24H30FN3O5/c1-14(2)20(28-21(29)16-9-7-8-10-17(16)25)22(30)26-15-11-12-19(32-6)18(13-15)27-23(31)33-24(3,4)5/h7-14,20H,1-6H3,(H,26,30)(H,27,31)(H,28,29). The largest absolute Gasteiger partial charge is 0.495 e. The Morgan fingerprint density at radius 3 is 2.24 bits per heavy atom. The molecular formula is C24H30FN3O5. The van der Waals surface area contributed by atoms with E-state index in [0.29, 0.717) is 17.1 Å². The lowest BCUT2D eigenvalue weighted by Gasteiger charge is -2.23. The molecule has 0 aliphatic carbocycles. The predicted molar refractivity (Wildman–Crippen MR) is 124 cm³/mol. The van der Waals surface area contributed by atoms with Gasteiger partial charge in [-0.05, 0) is 57.0 Å². The molecule has 0 heterocycles. The third-order valence-corrected chi connectivity index (χ3v) is 4.46. The summed E-state index contributed by atoms with van der Waals surface area (Å²) in [5.74, 6) is -1.77. The smallest absolute Gasteiger partial charge is 0.412 e. The van der Waals surface area contributed by atoms with Crippen LogP contribution in [-0.2, 0) is 9.53 Å². The minimum absolute atomic E-state index is 0.149. The number of amides is 3. The second-order valence-corrected chi connectivity index (χ2v) is 8.71. The molecule has 2 aromatic carbocycles. The summed E-state index contributed by atoms with van der Waals surface area (Å²) in [6.45, 7) is 8.73. The third-order valence-electron chi connectivity index (χ3n) is 4.46. The van der Waals surface area contributed by atoms with Crippen molar-refractivity contribution in [3.05, 3.63) is 53.8 Å². The van der Waals surface area contributed by atoms with Gasteiger partial charge in [0, 0.05) is 5.69 Å². The number of hydrogen-bond acceptors (Lipinski definition) is 5. The van der Waals surface area contributed by atoms with E-state index in [1.54, 1.807) is 52.8 Å². The quantitative estimate of drug-likeness (QED) is 0.562. The molecule has 0 aromatic heterocycles. The second-order valence-electron chi connectivity index (χ2n) is 8.71. The lowest BCUT2D eigenvalue weighted by molar-refractivity contribution is -0.118. The van der Waals surface area contributed by atoms with Crippen molar-refractivity contribution in [1.29, 1.82) is 0 Å². The summed E-state index contributed by atoms with van der Waals surface area (Å²) in [5.41, 5.74) is -0.188. The molecule has 1 unspecified atom stereocenters. The Bertz CT molecular complexity index is 1020. The monoisotopic (exact) mass is 459 g/mol. The minimum atomic E-state index is -0.929. The normalized spacial score (nSPS) is 12.0. The number of nitrogens with one attached hydrogen (secondary N) is 3. The molecule has 0 spiro atoms. The van der Waals surface area contributed by atoms with E-state index in [2.05, 4.69) is 16.0 Å². The van der Waals surface area contributed by atoms with E-state index < -0.39 is 35.4 Å². The zero-order chi connectivity index (χ0) is 24.8. The van der Waals surface area contributed by atoms with Crippen LogP contribution in [0.4, 0.5) is 20.6 Å². The number of anilines is 2. The molecule has 0 saturated heterocycles. The van der Waals surface area contributed by atoms with Crippen LogP contribution >= 0.6 is 0 Å². The average Bonchev–Trinajstić information content (AvgIpc) is 2.70. The van der Waals surface area contributed by atoms with Gasteiger partial charge in [0.2, 0.25) is 5.91 Å². The number of carbonyl (C=O) groups excluding carboxylic acids is 3. The summed E-state index contributed by atoms with van der Waals surface area (Å²) < 4.78 is 24.5. The van der Waals surface area contributed by atoms with Crippen LogP contribution < -0.4 is 20.7 Å². The molecule has 3 amide bonds. The van der Waals surface area contributed by atoms with Crippen LogP contribution in [-0.4, -0.2) is 36.7 Å². The molecule has 0 fully saturated rings. The summed E-state index contributed by atoms with van der Waals surface area (Å²) in [6.07, 6.45) is -0.679. The maximum absolute atomic E-state index is 13.9. The molecule has 9 heteroatoms. The number of ether oxygens (including phenoxy) is 2. The fourth-order valence-electron chi connectivity index (χ4n) is 2.92. The van der Waals surface area contributed by atoms with Gasteiger partial charge in [0.1, 0.15) is 23.2 Å². The Hall–Kier alpha value is -3.62. The van der Waals surface area contributed by atoms with Crippen LogP contribution in [0.25, 0.3) is 0 Å². The van der Waals surface area contributed by atoms with Gasteiger partial charge in [0.05, 0.1) is 18.4 Å². The predicted octanol–water partition coefficient (Wildman–Crippen LogP) is 4.57. The van der Waals surface area contributed by atoms with Gasteiger partial charge in [-0.3, -0.25) is 14.9 Å². The summed E-state index contributed by atoms with van der Waals surface area (Å²) in [7, 11) is 1.45. The summed E-state index contributed by atoms with van der Waals surface area (Å²) in [6, 6.07) is 9.29. The molecule has 0 aliphatic heterocycles. The van der Waals surface area contributed by atoms with Crippen LogP contribution in [0.5, 0.6) is 5.75 Å². The van der Waals surface area contributed by atoms with E-state index in [9.17, 15) is 18.8 Å². The van der Waals surface area contributed by atoms with E-state index in [-0.39, 0.29) is 11.5 Å². The van der Waals surface area contributed by atoms with Crippen LogP contribution in [0.1, 0.15) is 45.0 Å². The van der Waals surface area contributed by atoms with Crippen molar-refractivity contribution in [2.75, 3.05) is 17.7 Å². The second kappa shape index (κ2) is 10.8. The lowest BCUT2D eigenvalue weighted by Crippen LogP contribution is -2.47. The van der Waals surface area contributed by atoms with Gasteiger partial charge in [0.25, 0.3) is 5.91 Å². The van der Waals surface area contributed by atoms with Crippen LogP contribution in [0.15, 0.2) is 42.5 Å². The Morgan fingerprint density at radius 2 is 1.67 bits per heavy atom. The van der Waals surface area contributed by atoms with Gasteiger partial charge >= 0.3 is 6.09 Å². The van der Waals surface area contributed by atoms with E-state index in [1.165, 1.54) is 31.4 Å². The Kier molecular flexibility index (Phi) is 8.39. The molecule has 0 bridgehead atoms. The highest BCUT2D eigenvalue weighted by Crippen LogP contribution is 2.28. The van der Waals surface area contributed by atoms with Crippen molar-refractivity contribution >= 4 is 29.3 Å². The number of benzene rings is 2. The maximum Gasteiger partial charge on any atom is 0.412 e. The number of methoxy groups -OCH3 is 1.